The zero-order chi connectivity index (χ0) is 14.5. The summed E-state index contributed by atoms with van der Waals surface area (Å²) in [5.41, 5.74) is 0. The van der Waals surface area contributed by atoms with E-state index in [0.717, 1.165) is 45.2 Å². The van der Waals surface area contributed by atoms with Gasteiger partial charge in [0.15, 0.2) is 0 Å². The molecule has 0 spiro atoms. The number of piperidine rings is 1. The predicted octanol–water partition coefficient (Wildman–Crippen LogP) is 0.595. The predicted molar refractivity (Wildman–Crippen MR) is 77.3 cm³/mol. The molecule has 0 aliphatic carbocycles. The second-order valence-electron chi connectivity index (χ2n) is 6.13. The number of aliphatic hydroxyl groups is 2. The highest BCUT2D eigenvalue weighted by atomic mass is 16.3. The van der Waals surface area contributed by atoms with E-state index >= 15 is 0 Å². The molecule has 3 atom stereocenters. The fraction of sp³-hybridized carbons (Fsp3) is 0.933. The summed E-state index contributed by atoms with van der Waals surface area (Å²) in [5, 5.41) is 20.3. The molecule has 2 saturated heterocycles. The fourth-order valence-electron chi connectivity index (χ4n) is 3.43. The summed E-state index contributed by atoms with van der Waals surface area (Å²) >= 11 is 0. The number of hydrogen-bond donors (Lipinski definition) is 2. The molecule has 2 aliphatic rings. The van der Waals surface area contributed by atoms with Crippen molar-refractivity contribution in [2.24, 2.45) is 0 Å². The molecule has 20 heavy (non-hydrogen) atoms. The second-order valence-corrected chi connectivity index (χ2v) is 6.13. The molecule has 5 heteroatoms. The Morgan fingerprint density at radius 2 is 2.00 bits per heavy atom. The summed E-state index contributed by atoms with van der Waals surface area (Å²) in [6.45, 7) is 4.70. The largest absolute Gasteiger partial charge is 0.392 e. The van der Waals surface area contributed by atoms with Crippen LogP contribution >= 0.6 is 0 Å². The molecule has 0 bridgehead atoms. The smallest absolute Gasteiger partial charge is 0.222 e. The lowest BCUT2D eigenvalue weighted by Crippen LogP contribution is -2.51. The topological polar surface area (TPSA) is 64.0 Å². The van der Waals surface area contributed by atoms with Crippen LogP contribution in [0.1, 0.15) is 45.4 Å². The zero-order valence-electron chi connectivity index (χ0n) is 12.5. The van der Waals surface area contributed by atoms with Gasteiger partial charge in [-0.2, -0.15) is 0 Å². The van der Waals surface area contributed by atoms with Crippen LogP contribution in [0.2, 0.25) is 0 Å². The number of carbonyl (C=O) groups excluding carboxylic acids is 1. The summed E-state index contributed by atoms with van der Waals surface area (Å²) in [5.74, 6) is 0.160. The van der Waals surface area contributed by atoms with Crippen molar-refractivity contribution in [3.05, 3.63) is 0 Å². The highest BCUT2D eigenvalue weighted by Gasteiger charge is 2.30. The van der Waals surface area contributed by atoms with Gasteiger partial charge in [-0.3, -0.25) is 9.69 Å². The first-order valence-electron chi connectivity index (χ1n) is 7.99. The van der Waals surface area contributed by atoms with E-state index in [4.69, 9.17) is 0 Å². The Labute approximate surface area is 121 Å². The average molecular weight is 284 g/mol. The van der Waals surface area contributed by atoms with E-state index < -0.39 is 6.10 Å². The summed E-state index contributed by atoms with van der Waals surface area (Å²) in [6.07, 6.45) is 4.74. The molecule has 2 aliphatic heterocycles. The Kier molecular flexibility index (Phi) is 5.81. The molecule has 0 aromatic rings. The molecule has 2 rings (SSSR count). The molecule has 5 nitrogen and oxygen atoms in total. The average Bonchev–Trinajstić information content (AvgIpc) is 2.84. The van der Waals surface area contributed by atoms with Gasteiger partial charge in [-0.25, -0.2) is 0 Å². The molecule has 2 N–H and O–H groups in total. The van der Waals surface area contributed by atoms with Crippen LogP contribution in [0.15, 0.2) is 0 Å². The van der Waals surface area contributed by atoms with Gasteiger partial charge in [0.25, 0.3) is 0 Å². The highest BCUT2D eigenvalue weighted by Crippen LogP contribution is 2.22. The summed E-state index contributed by atoms with van der Waals surface area (Å²) in [7, 11) is 0. The number of carbonyl (C=O) groups is 1. The Morgan fingerprint density at radius 1 is 1.20 bits per heavy atom. The zero-order valence-corrected chi connectivity index (χ0v) is 12.5. The van der Waals surface area contributed by atoms with Gasteiger partial charge in [0.1, 0.15) is 0 Å². The van der Waals surface area contributed by atoms with E-state index in [1.54, 1.807) is 4.90 Å². The molecule has 0 aromatic carbocycles. The lowest BCUT2D eigenvalue weighted by atomic mass is 9.95. The summed E-state index contributed by atoms with van der Waals surface area (Å²) in [4.78, 5) is 15.6. The van der Waals surface area contributed by atoms with Crippen molar-refractivity contribution in [3.8, 4) is 0 Å². The highest BCUT2D eigenvalue weighted by molar-refractivity contribution is 5.78. The maximum Gasteiger partial charge on any atom is 0.222 e. The number of hydrogen-bond acceptors (Lipinski definition) is 4. The quantitative estimate of drug-likeness (QED) is 0.749. The maximum atomic E-state index is 11.6. The fourth-order valence-corrected chi connectivity index (χ4v) is 3.43. The number of β-amino-alcohol motifs (C(OH)–C–C–N with tert-alkyl or cyclic N) is 1. The third kappa shape index (κ3) is 3.93. The van der Waals surface area contributed by atoms with Crippen LogP contribution < -0.4 is 0 Å². The van der Waals surface area contributed by atoms with E-state index in [9.17, 15) is 15.0 Å². The lowest BCUT2D eigenvalue weighted by Gasteiger charge is -2.39. The second kappa shape index (κ2) is 7.38. The first-order valence-corrected chi connectivity index (χ1v) is 7.99. The Hall–Kier alpha value is -0.650. The van der Waals surface area contributed by atoms with E-state index in [1.165, 1.54) is 0 Å². The molecule has 2 heterocycles. The molecule has 0 aromatic heterocycles. The number of aliphatic hydroxyl groups excluding tert-OH is 2. The van der Waals surface area contributed by atoms with Gasteiger partial charge in [0, 0.05) is 32.1 Å². The minimum Gasteiger partial charge on any atom is -0.392 e. The summed E-state index contributed by atoms with van der Waals surface area (Å²) in [6, 6.07) is 0.165. The standard InChI is InChI=1S/C15H28N2O3/c1-2-14(19)13-6-3-4-8-16(13)10-12(18)11-17-9-5-7-15(17)20/h12-14,18-19H,2-11H2,1H3/t12-,13+,14+/m1/s1. The Balaban J connectivity index is 1.84. The van der Waals surface area contributed by atoms with Crippen LogP contribution in [-0.4, -0.2) is 70.3 Å². The summed E-state index contributed by atoms with van der Waals surface area (Å²) < 4.78 is 0. The first kappa shape index (κ1) is 15.7. The number of amides is 1. The van der Waals surface area contributed by atoms with Gasteiger partial charge in [0.05, 0.1) is 12.2 Å². The van der Waals surface area contributed by atoms with Gasteiger partial charge in [-0.15, -0.1) is 0 Å². The molecule has 1 amide bonds. The van der Waals surface area contributed by atoms with Crippen LogP contribution in [0.5, 0.6) is 0 Å². The minimum atomic E-state index is -0.512. The number of nitrogens with zero attached hydrogens (tertiary/aromatic N) is 2. The van der Waals surface area contributed by atoms with Crippen molar-refractivity contribution in [3.63, 3.8) is 0 Å². The van der Waals surface area contributed by atoms with Gasteiger partial charge in [-0.1, -0.05) is 13.3 Å². The van der Waals surface area contributed by atoms with E-state index in [2.05, 4.69) is 4.90 Å². The van der Waals surface area contributed by atoms with Gasteiger partial charge in [-0.05, 0) is 32.2 Å². The lowest BCUT2D eigenvalue weighted by molar-refractivity contribution is -0.129. The number of likely N-dealkylation sites (tertiary alicyclic amines) is 2. The molecular weight excluding hydrogens is 256 g/mol. The minimum absolute atomic E-state index is 0.160. The van der Waals surface area contributed by atoms with Crippen molar-refractivity contribution in [1.29, 1.82) is 0 Å². The molecule has 116 valence electrons. The van der Waals surface area contributed by atoms with Gasteiger partial charge < -0.3 is 15.1 Å². The van der Waals surface area contributed by atoms with Crippen molar-refractivity contribution < 1.29 is 15.0 Å². The first-order chi connectivity index (χ1) is 9.61. The van der Waals surface area contributed by atoms with E-state index in [0.29, 0.717) is 19.5 Å². The maximum absolute atomic E-state index is 11.6. The van der Waals surface area contributed by atoms with E-state index in [1.807, 2.05) is 6.92 Å². The van der Waals surface area contributed by atoms with Crippen LogP contribution in [0.4, 0.5) is 0 Å². The van der Waals surface area contributed by atoms with Crippen molar-refractivity contribution in [2.75, 3.05) is 26.2 Å². The number of rotatable bonds is 6. The normalized spacial score (nSPS) is 27.9. The SMILES string of the molecule is CC[C@H](O)[C@@H]1CCCCN1C[C@@H](O)CN1CCCC1=O. The van der Waals surface area contributed by atoms with Crippen molar-refractivity contribution in [1.82, 2.24) is 9.80 Å². The van der Waals surface area contributed by atoms with Gasteiger partial charge in [0.2, 0.25) is 5.91 Å². The third-order valence-corrected chi connectivity index (χ3v) is 4.57. The van der Waals surface area contributed by atoms with Crippen molar-refractivity contribution in [2.45, 2.75) is 63.7 Å². The monoisotopic (exact) mass is 284 g/mol. The Morgan fingerprint density at radius 3 is 2.65 bits per heavy atom. The van der Waals surface area contributed by atoms with Crippen LogP contribution in [-0.2, 0) is 4.79 Å². The Bertz CT molecular complexity index is 324. The molecule has 2 fully saturated rings. The van der Waals surface area contributed by atoms with Gasteiger partial charge >= 0.3 is 0 Å². The van der Waals surface area contributed by atoms with Crippen LogP contribution in [0.3, 0.4) is 0 Å². The molecule has 0 radical (unpaired) electrons. The van der Waals surface area contributed by atoms with Crippen LogP contribution in [0.25, 0.3) is 0 Å². The van der Waals surface area contributed by atoms with Crippen molar-refractivity contribution >= 4 is 5.91 Å². The third-order valence-electron chi connectivity index (χ3n) is 4.57. The van der Waals surface area contributed by atoms with E-state index in [-0.39, 0.29) is 18.1 Å². The van der Waals surface area contributed by atoms with Crippen LogP contribution in [0, 0.1) is 0 Å². The molecular formula is C15H28N2O3. The molecule has 0 unspecified atom stereocenters. The molecule has 0 saturated carbocycles.